The molecule has 2 aromatic rings. The summed E-state index contributed by atoms with van der Waals surface area (Å²) in [6.45, 7) is 4.23. The van der Waals surface area contributed by atoms with Crippen molar-refractivity contribution in [3.8, 4) is 5.75 Å². The average molecular weight is 436 g/mol. The minimum Gasteiger partial charge on any atom is -0.494 e. The van der Waals surface area contributed by atoms with E-state index in [-0.39, 0.29) is 21.9 Å². The molecule has 0 radical (unpaired) electrons. The van der Waals surface area contributed by atoms with Gasteiger partial charge in [-0.2, -0.15) is 0 Å². The molecular formula is C21H29N3O5S. The SMILES string of the molecule is CCOc1ccc(C2(CNC(=O)c3cc(S(=O)(=O)NC)cn3C)CCOCC2)cc1. The molecule has 1 amide bonds. The van der Waals surface area contributed by atoms with Crippen LogP contribution in [-0.4, -0.2) is 52.3 Å². The van der Waals surface area contributed by atoms with Crippen molar-refractivity contribution in [1.29, 1.82) is 0 Å². The van der Waals surface area contributed by atoms with Crippen LogP contribution in [0.3, 0.4) is 0 Å². The van der Waals surface area contributed by atoms with Crippen LogP contribution in [0, 0.1) is 0 Å². The van der Waals surface area contributed by atoms with Crippen molar-refractivity contribution in [2.75, 3.05) is 33.4 Å². The van der Waals surface area contributed by atoms with Crippen LogP contribution < -0.4 is 14.8 Å². The van der Waals surface area contributed by atoms with Crippen LogP contribution in [0.2, 0.25) is 0 Å². The summed E-state index contributed by atoms with van der Waals surface area (Å²) in [7, 11) is -0.618. The zero-order valence-corrected chi connectivity index (χ0v) is 18.4. The van der Waals surface area contributed by atoms with E-state index in [1.165, 1.54) is 23.9 Å². The van der Waals surface area contributed by atoms with Gasteiger partial charge in [0.2, 0.25) is 10.0 Å². The Balaban J connectivity index is 1.79. The molecule has 0 unspecified atom stereocenters. The van der Waals surface area contributed by atoms with Gasteiger partial charge >= 0.3 is 0 Å². The highest BCUT2D eigenvalue weighted by atomic mass is 32.2. The van der Waals surface area contributed by atoms with Gasteiger partial charge in [0.25, 0.3) is 5.91 Å². The van der Waals surface area contributed by atoms with E-state index in [4.69, 9.17) is 9.47 Å². The first-order chi connectivity index (χ1) is 14.3. The molecule has 8 nitrogen and oxygen atoms in total. The zero-order valence-electron chi connectivity index (χ0n) is 17.6. The maximum absolute atomic E-state index is 12.9. The number of nitrogens with zero attached hydrogens (tertiary/aromatic N) is 1. The summed E-state index contributed by atoms with van der Waals surface area (Å²) >= 11 is 0. The Labute approximate surface area is 177 Å². The second-order valence-electron chi connectivity index (χ2n) is 7.41. The third-order valence-electron chi connectivity index (χ3n) is 5.61. The molecule has 0 saturated carbocycles. The molecule has 164 valence electrons. The second kappa shape index (κ2) is 9.20. The lowest BCUT2D eigenvalue weighted by Gasteiger charge is -2.38. The smallest absolute Gasteiger partial charge is 0.267 e. The number of carbonyl (C=O) groups is 1. The van der Waals surface area contributed by atoms with Crippen LogP contribution in [-0.2, 0) is 27.2 Å². The number of benzene rings is 1. The fourth-order valence-electron chi connectivity index (χ4n) is 3.77. The molecule has 3 rings (SSSR count). The average Bonchev–Trinajstić information content (AvgIpc) is 3.16. The Morgan fingerprint density at radius 2 is 1.90 bits per heavy atom. The lowest BCUT2D eigenvalue weighted by atomic mass is 9.74. The molecule has 0 spiro atoms. The summed E-state index contributed by atoms with van der Waals surface area (Å²) in [5.74, 6) is 0.501. The van der Waals surface area contributed by atoms with E-state index >= 15 is 0 Å². The van der Waals surface area contributed by atoms with Gasteiger partial charge in [-0.25, -0.2) is 13.1 Å². The molecule has 2 heterocycles. The summed E-state index contributed by atoms with van der Waals surface area (Å²) in [5.41, 5.74) is 1.17. The lowest BCUT2D eigenvalue weighted by Crippen LogP contribution is -2.44. The molecule has 1 saturated heterocycles. The van der Waals surface area contributed by atoms with Gasteiger partial charge < -0.3 is 19.4 Å². The third-order valence-corrected chi connectivity index (χ3v) is 6.99. The van der Waals surface area contributed by atoms with Crippen LogP contribution in [0.4, 0.5) is 0 Å². The standard InChI is InChI=1S/C21H29N3O5S/c1-4-29-17-7-5-16(6-8-17)21(9-11-28-12-10-21)15-23-20(25)19-13-18(14-24(19)3)30(26,27)22-2/h5-8,13-14,22H,4,9-12,15H2,1-3H3,(H,23,25). The van der Waals surface area contributed by atoms with Crippen LogP contribution in [0.1, 0.15) is 35.8 Å². The van der Waals surface area contributed by atoms with Crippen molar-refractivity contribution in [2.24, 2.45) is 7.05 Å². The van der Waals surface area contributed by atoms with E-state index in [0.29, 0.717) is 26.4 Å². The van der Waals surface area contributed by atoms with E-state index in [9.17, 15) is 13.2 Å². The predicted octanol–water partition coefficient (Wildman–Crippen LogP) is 1.81. The predicted molar refractivity (Wildman–Crippen MR) is 113 cm³/mol. The Hall–Kier alpha value is -2.36. The summed E-state index contributed by atoms with van der Waals surface area (Å²) in [6.07, 6.45) is 3.00. The van der Waals surface area contributed by atoms with Gasteiger partial charge in [0.1, 0.15) is 16.3 Å². The molecule has 1 aliphatic rings. The minimum absolute atomic E-state index is 0.0601. The van der Waals surface area contributed by atoms with Gasteiger partial charge in [-0.15, -0.1) is 0 Å². The normalized spacial score (nSPS) is 16.2. The lowest BCUT2D eigenvalue weighted by molar-refractivity contribution is 0.0486. The number of ether oxygens (including phenoxy) is 2. The second-order valence-corrected chi connectivity index (χ2v) is 9.30. The van der Waals surface area contributed by atoms with E-state index in [1.807, 2.05) is 31.2 Å². The molecule has 30 heavy (non-hydrogen) atoms. The number of carbonyl (C=O) groups excluding carboxylic acids is 1. The molecule has 1 fully saturated rings. The molecule has 2 N–H and O–H groups in total. The van der Waals surface area contributed by atoms with Crippen molar-refractivity contribution in [3.05, 3.63) is 47.8 Å². The summed E-state index contributed by atoms with van der Waals surface area (Å²) in [5, 5.41) is 3.01. The first-order valence-electron chi connectivity index (χ1n) is 10.0. The zero-order chi connectivity index (χ0) is 21.8. The van der Waals surface area contributed by atoms with Gasteiger partial charge in [0.05, 0.1) is 6.61 Å². The number of hydrogen-bond acceptors (Lipinski definition) is 5. The maximum atomic E-state index is 12.9. The van der Waals surface area contributed by atoms with Crippen molar-refractivity contribution in [2.45, 2.75) is 30.1 Å². The van der Waals surface area contributed by atoms with Crippen molar-refractivity contribution in [1.82, 2.24) is 14.6 Å². The fraction of sp³-hybridized carbons (Fsp3) is 0.476. The molecule has 0 atom stereocenters. The first kappa shape index (κ1) is 22.3. The molecule has 9 heteroatoms. The van der Waals surface area contributed by atoms with Crippen LogP contribution in [0.25, 0.3) is 0 Å². The highest BCUT2D eigenvalue weighted by molar-refractivity contribution is 7.89. The number of aryl methyl sites for hydroxylation is 1. The molecule has 0 aliphatic carbocycles. The quantitative estimate of drug-likeness (QED) is 0.659. The van der Waals surface area contributed by atoms with Gasteiger partial charge in [0.15, 0.2) is 0 Å². The summed E-state index contributed by atoms with van der Waals surface area (Å²) in [6, 6.07) is 9.37. The highest BCUT2D eigenvalue weighted by Gasteiger charge is 2.35. The molecule has 1 aliphatic heterocycles. The Kier molecular flexibility index (Phi) is 6.84. The number of nitrogens with one attached hydrogen (secondary N) is 2. The van der Waals surface area contributed by atoms with Crippen molar-refractivity contribution in [3.63, 3.8) is 0 Å². The number of hydrogen-bond donors (Lipinski definition) is 2. The Morgan fingerprint density at radius 1 is 1.23 bits per heavy atom. The molecule has 1 aromatic heterocycles. The minimum atomic E-state index is -3.61. The van der Waals surface area contributed by atoms with Gasteiger partial charge in [-0.05, 0) is 50.6 Å². The van der Waals surface area contributed by atoms with E-state index in [0.717, 1.165) is 24.2 Å². The van der Waals surface area contributed by atoms with E-state index in [2.05, 4.69) is 10.0 Å². The van der Waals surface area contributed by atoms with Gasteiger partial charge in [-0.3, -0.25) is 4.79 Å². The molecule has 1 aromatic carbocycles. The largest absolute Gasteiger partial charge is 0.494 e. The summed E-state index contributed by atoms with van der Waals surface area (Å²) < 4.78 is 38.9. The fourth-order valence-corrected chi connectivity index (χ4v) is 4.57. The monoisotopic (exact) mass is 435 g/mol. The van der Waals surface area contributed by atoms with Crippen molar-refractivity contribution >= 4 is 15.9 Å². The van der Waals surface area contributed by atoms with Gasteiger partial charge in [0, 0.05) is 38.4 Å². The Bertz CT molecular complexity index is 977. The van der Waals surface area contributed by atoms with Crippen molar-refractivity contribution < 1.29 is 22.7 Å². The number of amides is 1. The number of aromatic nitrogens is 1. The number of sulfonamides is 1. The topological polar surface area (TPSA) is 98.7 Å². The van der Waals surface area contributed by atoms with Crippen LogP contribution in [0.15, 0.2) is 41.4 Å². The molecule has 0 bridgehead atoms. The first-order valence-corrected chi connectivity index (χ1v) is 11.5. The van der Waals surface area contributed by atoms with Crippen LogP contribution in [0.5, 0.6) is 5.75 Å². The highest BCUT2D eigenvalue weighted by Crippen LogP contribution is 2.35. The van der Waals surface area contributed by atoms with E-state index < -0.39 is 10.0 Å². The Morgan fingerprint density at radius 3 is 2.50 bits per heavy atom. The van der Waals surface area contributed by atoms with Crippen LogP contribution >= 0.6 is 0 Å². The maximum Gasteiger partial charge on any atom is 0.267 e. The van der Waals surface area contributed by atoms with Gasteiger partial charge in [-0.1, -0.05) is 12.1 Å². The third kappa shape index (κ3) is 4.69. The molecular weight excluding hydrogens is 406 g/mol. The number of rotatable bonds is 8. The van der Waals surface area contributed by atoms with E-state index in [1.54, 1.807) is 7.05 Å². The summed E-state index contributed by atoms with van der Waals surface area (Å²) in [4.78, 5) is 12.9.